The Hall–Kier alpha value is -3.03. The highest BCUT2D eigenvalue weighted by Gasteiger charge is 2.19. The lowest BCUT2D eigenvalue weighted by Crippen LogP contribution is -2.09. The molecule has 21 heavy (non-hydrogen) atoms. The molecule has 0 fully saturated rings. The van der Waals surface area contributed by atoms with E-state index in [4.69, 9.17) is 5.73 Å². The van der Waals surface area contributed by atoms with E-state index in [9.17, 15) is 18.7 Å². The van der Waals surface area contributed by atoms with E-state index in [0.29, 0.717) is 0 Å². The number of nitrogens with two attached hydrogens (primary N) is 1. The summed E-state index contributed by atoms with van der Waals surface area (Å²) in [5.74, 6) is -3.45. The number of rotatable bonds is 2. The second kappa shape index (κ2) is 4.51. The van der Waals surface area contributed by atoms with Gasteiger partial charge in [-0.2, -0.15) is 4.98 Å². The highest BCUT2D eigenvalue weighted by Crippen LogP contribution is 2.26. The molecule has 3 aromatic rings. The second-order valence-electron chi connectivity index (χ2n) is 4.27. The van der Waals surface area contributed by atoms with E-state index in [-0.39, 0.29) is 28.4 Å². The minimum Gasteiger partial charge on any atom is -0.476 e. The largest absolute Gasteiger partial charge is 0.476 e. The van der Waals surface area contributed by atoms with Crippen molar-refractivity contribution < 1.29 is 18.7 Å². The number of hydrogen-bond donors (Lipinski definition) is 2. The number of pyridine rings is 1. The molecular weight excluding hydrogens is 282 g/mol. The summed E-state index contributed by atoms with van der Waals surface area (Å²) in [7, 11) is 0. The third kappa shape index (κ3) is 2.06. The van der Waals surface area contributed by atoms with E-state index in [0.717, 1.165) is 16.6 Å². The summed E-state index contributed by atoms with van der Waals surface area (Å²) < 4.78 is 27.4. The van der Waals surface area contributed by atoms with Gasteiger partial charge in [-0.05, 0) is 29.8 Å². The fraction of sp³-hybridized carbons (Fsp3) is 0. The van der Waals surface area contributed by atoms with Gasteiger partial charge in [0.1, 0.15) is 0 Å². The zero-order valence-corrected chi connectivity index (χ0v) is 10.4. The van der Waals surface area contributed by atoms with Gasteiger partial charge in [0.05, 0.1) is 0 Å². The predicted octanol–water partition coefficient (Wildman–Crippen LogP) is 1.95. The van der Waals surface area contributed by atoms with Gasteiger partial charge < -0.3 is 10.8 Å². The molecule has 106 valence electrons. The zero-order valence-electron chi connectivity index (χ0n) is 10.4. The lowest BCUT2D eigenvalue weighted by molar-refractivity contribution is 0.0688. The Balaban J connectivity index is 2.33. The number of aromatic carboxylic acids is 1. The maximum absolute atomic E-state index is 13.3. The van der Waals surface area contributed by atoms with Crippen LogP contribution in [0.4, 0.5) is 14.7 Å². The lowest BCUT2D eigenvalue weighted by Gasteiger charge is -2.08. The first-order chi connectivity index (χ1) is 9.97. The Labute approximate surface area is 116 Å². The van der Waals surface area contributed by atoms with Crippen LogP contribution in [0.25, 0.3) is 16.8 Å². The van der Waals surface area contributed by atoms with Crippen molar-refractivity contribution in [3.05, 3.63) is 47.7 Å². The molecular formula is C13H8F2N4O2. The smallest absolute Gasteiger partial charge is 0.355 e. The van der Waals surface area contributed by atoms with Crippen molar-refractivity contribution in [1.82, 2.24) is 14.6 Å². The molecule has 1 aromatic carbocycles. The number of fused-ring (bicyclic) bond motifs is 1. The number of aromatic nitrogens is 3. The quantitative estimate of drug-likeness (QED) is 0.752. The van der Waals surface area contributed by atoms with E-state index >= 15 is 0 Å². The monoisotopic (exact) mass is 290 g/mol. The summed E-state index contributed by atoms with van der Waals surface area (Å²) in [6.45, 7) is 0. The van der Waals surface area contributed by atoms with Gasteiger partial charge in [-0.15, -0.1) is 5.10 Å². The maximum atomic E-state index is 13.3. The first kappa shape index (κ1) is 13.0. The molecule has 8 heteroatoms. The maximum Gasteiger partial charge on any atom is 0.355 e. The molecule has 0 spiro atoms. The van der Waals surface area contributed by atoms with Crippen molar-refractivity contribution in [3.63, 3.8) is 0 Å². The molecule has 3 N–H and O–H groups in total. The van der Waals surface area contributed by atoms with Gasteiger partial charge >= 0.3 is 5.97 Å². The Morgan fingerprint density at radius 3 is 2.62 bits per heavy atom. The number of benzene rings is 1. The van der Waals surface area contributed by atoms with E-state index in [2.05, 4.69) is 10.1 Å². The highest BCUT2D eigenvalue weighted by molar-refractivity contribution is 5.95. The summed E-state index contributed by atoms with van der Waals surface area (Å²) in [5, 5.41) is 13.2. The number of hydrogen-bond acceptors (Lipinski definition) is 4. The number of halogens is 2. The molecule has 0 unspecified atom stereocenters. The Morgan fingerprint density at radius 2 is 1.95 bits per heavy atom. The molecule has 0 amide bonds. The molecule has 0 aliphatic carbocycles. The van der Waals surface area contributed by atoms with Crippen molar-refractivity contribution in [1.29, 1.82) is 0 Å². The summed E-state index contributed by atoms with van der Waals surface area (Å²) in [6, 6.07) is 6.07. The van der Waals surface area contributed by atoms with Crippen LogP contribution in [0.5, 0.6) is 0 Å². The molecule has 0 radical (unpaired) electrons. The Kier molecular flexibility index (Phi) is 2.79. The van der Waals surface area contributed by atoms with Crippen LogP contribution in [0.1, 0.15) is 10.5 Å². The minimum atomic E-state index is -1.29. The number of anilines is 1. The van der Waals surface area contributed by atoms with Crippen LogP contribution in [0.3, 0.4) is 0 Å². The number of nitrogens with zero attached hydrogens (tertiary/aromatic N) is 3. The van der Waals surface area contributed by atoms with Gasteiger partial charge in [0.15, 0.2) is 23.0 Å². The van der Waals surface area contributed by atoms with E-state index in [1.807, 2.05) is 0 Å². The first-order valence-corrected chi connectivity index (χ1v) is 5.81. The Morgan fingerprint density at radius 1 is 1.19 bits per heavy atom. The number of nitrogen functional groups attached to an aromatic ring is 1. The van der Waals surface area contributed by atoms with Crippen LogP contribution in [0, 0.1) is 11.6 Å². The van der Waals surface area contributed by atoms with Crippen LogP contribution in [0.15, 0.2) is 30.3 Å². The van der Waals surface area contributed by atoms with Crippen LogP contribution < -0.4 is 5.73 Å². The molecule has 6 nitrogen and oxygen atoms in total. The molecule has 0 atom stereocenters. The molecule has 0 aliphatic rings. The lowest BCUT2D eigenvalue weighted by atomic mass is 10.0. The number of carboxylic acids is 1. The van der Waals surface area contributed by atoms with Gasteiger partial charge in [0.2, 0.25) is 5.95 Å². The van der Waals surface area contributed by atoms with Crippen molar-refractivity contribution in [2.24, 2.45) is 0 Å². The van der Waals surface area contributed by atoms with Crippen molar-refractivity contribution in [2.45, 2.75) is 0 Å². The standard InChI is InChI=1S/C13H8F2N4O2/c14-8-3-1-6(5-9(8)15)7-2-4-10-17-13(16)18-19(10)11(7)12(20)21/h1-5H,(H2,16,18)(H,20,21). The van der Waals surface area contributed by atoms with Gasteiger partial charge in [0, 0.05) is 5.56 Å². The molecule has 0 bridgehead atoms. The topological polar surface area (TPSA) is 93.5 Å². The highest BCUT2D eigenvalue weighted by atomic mass is 19.2. The SMILES string of the molecule is Nc1nc2ccc(-c3ccc(F)c(F)c3)c(C(=O)O)n2n1. The summed E-state index contributed by atoms with van der Waals surface area (Å²) in [6.07, 6.45) is 0. The van der Waals surface area contributed by atoms with Crippen LogP contribution in [0.2, 0.25) is 0 Å². The molecule has 0 saturated heterocycles. The van der Waals surface area contributed by atoms with Crippen molar-refractivity contribution in [3.8, 4) is 11.1 Å². The van der Waals surface area contributed by atoms with Gasteiger partial charge in [0.25, 0.3) is 0 Å². The van der Waals surface area contributed by atoms with Crippen molar-refractivity contribution >= 4 is 17.6 Å². The van der Waals surface area contributed by atoms with E-state index in [1.54, 1.807) is 0 Å². The molecule has 2 heterocycles. The van der Waals surface area contributed by atoms with Gasteiger partial charge in [-0.3, -0.25) is 0 Å². The van der Waals surface area contributed by atoms with Gasteiger partial charge in [-0.1, -0.05) is 6.07 Å². The van der Waals surface area contributed by atoms with Crippen LogP contribution in [-0.2, 0) is 0 Å². The third-order valence-corrected chi connectivity index (χ3v) is 2.95. The number of carboxylic acid groups (broad SMARTS) is 1. The third-order valence-electron chi connectivity index (χ3n) is 2.95. The average Bonchev–Trinajstić information content (AvgIpc) is 2.80. The molecule has 0 aliphatic heterocycles. The molecule has 0 saturated carbocycles. The summed E-state index contributed by atoms with van der Waals surface area (Å²) in [4.78, 5) is 15.3. The molecule has 3 rings (SSSR count). The number of carbonyl (C=O) groups is 1. The Bertz CT molecular complexity index is 876. The summed E-state index contributed by atoms with van der Waals surface area (Å²) >= 11 is 0. The van der Waals surface area contributed by atoms with E-state index < -0.39 is 17.6 Å². The minimum absolute atomic E-state index is 0.0834. The fourth-order valence-corrected chi connectivity index (χ4v) is 2.07. The normalized spacial score (nSPS) is 11.0. The van der Waals surface area contributed by atoms with Crippen LogP contribution >= 0.6 is 0 Å². The zero-order chi connectivity index (χ0) is 15.1. The van der Waals surface area contributed by atoms with Crippen molar-refractivity contribution in [2.75, 3.05) is 5.73 Å². The summed E-state index contributed by atoms with van der Waals surface area (Å²) in [5.41, 5.74) is 5.85. The second-order valence-corrected chi connectivity index (χ2v) is 4.27. The fourth-order valence-electron chi connectivity index (χ4n) is 2.07. The van der Waals surface area contributed by atoms with Crippen LogP contribution in [-0.4, -0.2) is 25.7 Å². The van der Waals surface area contributed by atoms with E-state index in [1.165, 1.54) is 18.2 Å². The first-order valence-electron chi connectivity index (χ1n) is 5.81. The predicted molar refractivity (Wildman–Crippen MR) is 69.7 cm³/mol. The average molecular weight is 290 g/mol. The molecule has 2 aromatic heterocycles. The van der Waals surface area contributed by atoms with Gasteiger partial charge in [-0.25, -0.2) is 18.1 Å².